The minimum atomic E-state index is -0.255. The molecule has 2 atom stereocenters. The summed E-state index contributed by atoms with van der Waals surface area (Å²) in [6, 6.07) is 10.3. The molecule has 0 aliphatic heterocycles. The molecule has 1 N–H and O–H groups in total. The van der Waals surface area contributed by atoms with Gasteiger partial charge in [0.25, 0.3) is 0 Å². The van der Waals surface area contributed by atoms with Crippen molar-refractivity contribution in [3.05, 3.63) is 35.9 Å². The van der Waals surface area contributed by atoms with E-state index in [-0.39, 0.29) is 17.2 Å². The highest BCUT2D eigenvalue weighted by atomic mass is 32.1. The molecule has 2 rings (SSSR count). The van der Waals surface area contributed by atoms with E-state index in [2.05, 4.69) is 24.9 Å². The molecule has 2 unspecified atom stereocenters. The quantitative estimate of drug-likeness (QED) is 0.786. The zero-order valence-corrected chi connectivity index (χ0v) is 11.7. The highest BCUT2D eigenvalue weighted by Gasteiger charge is 2.26. The third-order valence-electron chi connectivity index (χ3n) is 3.80. The van der Waals surface area contributed by atoms with Gasteiger partial charge in [-0.1, -0.05) is 36.8 Å². The van der Waals surface area contributed by atoms with E-state index in [0.29, 0.717) is 12.3 Å². The summed E-state index contributed by atoms with van der Waals surface area (Å²) in [5.41, 5.74) is 1.16. The molecular formula is C15H21NOS. The highest BCUT2D eigenvalue weighted by molar-refractivity contribution is 7.81. The Morgan fingerprint density at radius 3 is 2.61 bits per heavy atom. The molecule has 0 spiro atoms. The van der Waals surface area contributed by atoms with Gasteiger partial charge in [0.15, 0.2) is 0 Å². The molecule has 0 saturated heterocycles. The van der Waals surface area contributed by atoms with E-state index in [9.17, 15) is 4.79 Å². The fraction of sp³-hybridized carbons (Fsp3) is 0.533. The van der Waals surface area contributed by atoms with E-state index in [4.69, 9.17) is 0 Å². The van der Waals surface area contributed by atoms with Gasteiger partial charge in [-0.25, -0.2) is 0 Å². The average Bonchev–Trinajstić information content (AvgIpc) is 2.27. The van der Waals surface area contributed by atoms with Crippen LogP contribution in [0.3, 0.4) is 0 Å². The lowest BCUT2D eigenvalue weighted by atomic mass is 9.80. The van der Waals surface area contributed by atoms with Crippen molar-refractivity contribution in [3.8, 4) is 0 Å². The molecule has 98 valence electrons. The lowest BCUT2D eigenvalue weighted by Crippen LogP contribution is -2.44. The molecule has 1 aliphatic rings. The lowest BCUT2D eigenvalue weighted by molar-refractivity contribution is -0.121. The van der Waals surface area contributed by atoms with Crippen molar-refractivity contribution in [1.29, 1.82) is 0 Å². The van der Waals surface area contributed by atoms with Crippen LogP contribution >= 0.6 is 12.6 Å². The van der Waals surface area contributed by atoms with Crippen LogP contribution in [0.25, 0.3) is 0 Å². The van der Waals surface area contributed by atoms with Gasteiger partial charge in [-0.05, 0) is 37.7 Å². The van der Waals surface area contributed by atoms with Crippen molar-refractivity contribution in [2.45, 2.75) is 43.9 Å². The molecule has 2 nitrogen and oxygen atoms in total. The maximum Gasteiger partial charge on any atom is 0.233 e. The van der Waals surface area contributed by atoms with Crippen molar-refractivity contribution >= 4 is 18.5 Å². The van der Waals surface area contributed by atoms with E-state index >= 15 is 0 Å². The third-order valence-corrected chi connectivity index (χ3v) is 4.22. The van der Waals surface area contributed by atoms with Crippen molar-refractivity contribution in [2.24, 2.45) is 5.92 Å². The summed E-state index contributed by atoms with van der Waals surface area (Å²) in [6.45, 7) is 2.10. The Hall–Kier alpha value is -0.960. The molecule has 1 aliphatic carbocycles. The molecule has 1 aromatic carbocycles. The van der Waals surface area contributed by atoms with Gasteiger partial charge in [-0.3, -0.25) is 4.79 Å². The molecule has 3 heteroatoms. The summed E-state index contributed by atoms with van der Waals surface area (Å²) in [4.78, 5) is 12.0. The minimum Gasteiger partial charge on any atom is -0.352 e. The first-order chi connectivity index (χ1) is 8.66. The average molecular weight is 263 g/mol. The normalized spacial score (nSPS) is 18.8. The molecular weight excluding hydrogens is 242 g/mol. The van der Waals surface area contributed by atoms with Crippen LogP contribution in [0, 0.1) is 5.92 Å². The summed E-state index contributed by atoms with van der Waals surface area (Å²) in [5, 5.41) is 2.83. The molecule has 0 heterocycles. The van der Waals surface area contributed by atoms with Gasteiger partial charge in [-0.15, -0.1) is 0 Å². The molecule has 0 radical (unpaired) electrons. The van der Waals surface area contributed by atoms with E-state index in [0.717, 1.165) is 5.56 Å². The predicted molar refractivity (Wildman–Crippen MR) is 77.9 cm³/mol. The number of benzene rings is 1. The van der Waals surface area contributed by atoms with Gasteiger partial charge in [0.1, 0.15) is 0 Å². The van der Waals surface area contributed by atoms with Crippen LogP contribution < -0.4 is 5.32 Å². The highest BCUT2D eigenvalue weighted by Crippen LogP contribution is 2.29. The smallest absolute Gasteiger partial charge is 0.233 e. The molecule has 1 saturated carbocycles. The zero-order chi connectivity index (χ0) is 13.0. The first kappa shape index (κ1) is 13.5. The molecule has 18 heavy (non-hydrogen) atoms. The van der Waals surface area contributed by atoms with Gasteiger partial charge in [0, 0.05) is 6.04 Å². The van der Waals surface area contributed by atoms with E-state index in [1.165, 1.54) is 19.3 Å². The zero-order valence-electron chi connectivity index (χ0n) is 10.8. The maximum atomic E-state index is 12.0. The summed E-state index contributed by atoms with van der Waals surface area (Å²) in [5.74, 6) is 0.729. The second kappa shape index (κ2) is 6.28. The monoisotopic (exact) mass is 263 g/mol. The SMILES string of the molecule is CC(NC(=O)C(S)Cc1ccccc1)C1CCC1. The molecule has 1 aromatic rings. The Bertz CT molecular complexity index is 389. The number of thiol groups is 1. The Balaban J connectivity index is 1.81. The Morgan fingerprint density at radius 2 is 2.06 bits per heavy atom. The number of nitrogens with one attached hydrogen (secondary N) is 1. The first-order valence-electron chi connectivity index (χ1n) is 6.69. The topological polar surface area (TPSA) is 29.1 Å². The molecule has 0 aromatic heterocycles. The van der Waals surface area contributed by atoms with Crippen LogP contribution in [-0.4, -0.2) is 17.2 Å². The Morgan fingerprint density at radius 1 is 1.39 bits per heavy atom. The number of hydrogen-bond acceptors (Lipinski definition) is 2. The van der Waals surface area contributed by atoms with E-state index in [1.54, 1.807) is 0 Å². The number of rotatable bonds is 5. The standard InChI is InChI=1S/C15H21NOS/c1-11(13-8-5-9-13)16-15(17)14(18)10-12-6-3-2-4-7-12/h2-4,6-7,11,13-14,18H,5,8-10H2,1H3,(H,16,17). The second-order valence-corrected chi connectivity index (χ2v) is 5.82. The van der Waals surface area contributed by atoms with Gasteiger partial charge >= 0.3 is 0 Å². The van der Waals surface area contributed by atoms with Crippen LogP contribution in [0.15, 0.2) is 30.3 Å². The minimum absolute atomic E-state index is 0.0570. The number of amides is 1. The second-order valence-electron chi connectivity index (χ2n) is 5.19. The Kier molecular flexibility index (Phi) is 4.70. The van der Waals surface area contributed by atoms with Crippen LogP contribution in [0.5, 0.6) is 0 Å². The number of carbonyl (C=O) groups excluding carboxylic acids is 1. The van der Waals surface area contributed by atoms with Crippen LogP contribution in [0.2, 0.25) is 0 Å². The predicted octanol–water partition coefficient (Wildman–Crippen LogP) is 2.83. The van der Waals surface area contributed by atoms with Gasteiger partial charge in [-0.2, -0.15) is 12.6 Å². The van der Waals surface area contributed by atoms with E-state index in [1.807, 2.05) is 30.3 Å². The number of hydrogen-bond donors (Lipinski definition) is 2. The van der Waals surface area contributed by atoms with Gasteiger partial charge < -0.3 is 5.32 Å². The van der Waals surface area contributed by atoms with Crippen LogP contribution in [-0.2, 0) is 11.2 Å². The van der Waals surface area contributed by atoms with Crippen LogP contribution in [0.4, 0.5) is 0 Å². The number of carbonyl (C=O) groups is 1. The summed E-state index contributed by atoms with van der Waals surface area (Å²) >= 11 is 4.41. The molecule has 0 bridgehead atoms. The maximum absolute atomic E-state index is 12.0. The fourth-order valence-corrected chi connectivity index (χ4v) is 2.59. The van der Waals surface area contributed by atoms with Crippen molar-refractivity contribution in [3.63, 3.8) is 0 Å². The summed E-state index contributed by atoms with van der Waals surface area (Å²) < 4.78 is 0. The van der Waals surface area contributed by atoms with Gasteiger partial charge in [0.2, 0.25) is 5.91 Å². The first-order valence-corrected chi connectivity index (χ1v) is 7.21. The Labute approximate surface area is 115 Å². The third kappa shape index (κ3) is 3.52. The molecule has 1 amide bonds. The lowest BCUT2D eigenvalue weighted by Gasteiger charge is -2.32. The fourth-order valence-electron chi connectivity index (χ4n) is 2.31. The summed E-state index contributed by atoms with van der Waals surface area (Å²) in [7, 11) is 0. The van der Waals surface area contributed by atoms with Crippen molar-refractivity contribution in [2.75, 3.05) is 0 Å². The van der Waals surface area contributed by atoms with Crippen molar-refractivity contribution < 1.29 is 4.79 Å². The largest absolute Gasteiger partial charge is 0.352 e. The van der Waals surface area contributed by atoms with Crippen LogP contribution in [0.1, 0.15) is 31.7 Å². The van der Waals surface area contributed by atoms with Crippen molar-refractivity contribution in [1.82, 2.24) is 5.32 Å². The van der Waals surface area contributed by atoms with Gasteiger partial charge in [0.05, 0.1) is 5.25 Å². The van der Waals surface area contributed by atoms with E-state index < -0.39 is 0 Å². The molecule has 1 fully saturated rings. The summed E-state index contributed by atoms with van der Waals surface area (Å²) in [6.07, 6.45) is 4.49.